The average Bonchev–Trinajstić information content (AvgIpc) is 2.97. The number of carbonyl (C=O) groups is 1. The van der Waals surface area contributed by atoms with Gasteiger partial charge in [-0.05, 0) is 29.7 Å². The molecule has 0 saturated carbocycles. The Hall–Kier alpha value is -2.73. The van der Waals surface area contributed by atoms with Gasteiger partial charge in [-0.1, -0.05) is 26.0 Å². The number of hydroxylamine groups is 1. The Labute approximate surface area is 126 Å². The third-order valence-corrected chi connectivity index (χ3v) is 3.44. The molecule has 1 amide bonds. The van der Waals surface area contributed by atoms with Crippen LogP contribution in [0.2, 0.25) is 0 Å². The Kier molecular flexibility index (Phi) is 3.60. The molecule has 0 radical (unpaired) electrons. The summed E-state index contributed by atoms with van der Waals surface area (Å²) in [6.07, 6.45) is 1.32. The average molecular weight is 297 g/mol. The predicted octanol–water partition coefficient (Wildman–Crippen LogP) is 3.13. The maximum atomic E-state index is 11.4. The molecule has 2 aromatic heterocycles. The quantitative estimate of drug-likeness (QED) is 0.572. The maximum Gasteiger partial charge on any atom is 0.276 e. The van der Waals surface area contributed by atoms with Crippen molar-refractivity contribution in [2.45, 2.75) is 19.8 Å². The third kappa shape index (κ3) is 2.56. The highest BCUT2D eigenvalue weighted by Crippen LogP contribution is 2.25. The number of benzene rings is 1. The van der Waals surface area contributed by atoms with Gasteiger partial charge >= 0.3 is 0 Å². The summed E-state index contributed by atoms with van der Waals surface area (Å²) in [5.41, 5.74) is 4.66. The smallest absolute Gasteiger partial charge is 0.276 e. The Morgan fingerprint density at radius 2 is 2.00 bits per heavy atom. The van der Waals surface area contributed by atoms with Gasteiger partial charge in [-0.3, -0.25) is 10.0 Å². The summed E-state index contributed by atoms with van der Waals surface area (Å²) in [4.78, 5) is 19.8. The zero-order valence-electron chi connectivity index (χ0n) is 12.2. The number of carbonyl (C=O) groups excluding carboxylic acids is 1. The number of aromatic nitrogens is 2. The number of hydrogen-bond donors (Lipinski definition) is 2. The summed E-state index contributed by atoms with van der Waals surface area (Å²) in [7, 11) is 0. The number of nitrogens with one attached hydrogen (secondary N) is 1. The summed E-state index contributed by atoms with van der Waals surface area (Å²) in [5, 5.41) is 8.64. The molecule has 0 aliphatic rings. The van der Waals surface area contributed by atoms with Crippen molar-refractivity contribution in [2.24, 2.45) is 0 Å². The third-order valence-electron chi connectivity index (χ3n) is 3.44. The number of fused-ring (bicyclic) bond motifs is 1. The van der Waals surface area contributed by atoms with E-state index in [0.29, 0.717) is 23.0 Å². The largest absolute Gasteiger partial charge is 0.418 e. The summed E-state index contributed by atoms with van der Waals surface area (Å²) >= 11 is 0. The second kappa shape index (κ2) is 5.57. The van der Waals surface area contributed by atoms with Crippen molar-refractivity contribution in [3.63, 3.8) is 0 Å². The molecule has 0 bridgehead atoms. The first-order valence-corrected chi connectivity index (χ1v) is 6.90. The molecule has 0 saturated heterocycles. The molecule has 2 N–H and O–H groups in total. The zero-order chi connectivity index (χ0) is 15.7. The van der Waals surface area contributed by atoms with E-state index in [4.69, 9.17) is 9.62 Å². The van der Waals surface area contributed by atoms with Crippen LogP contribution in [0.3, 0.4) is 0 Å². The number of pyridine rings is 1. The normalized spacial score (nSPS) is 11.1. The molecule has 0 aliphatic carbocycles. The second-order valence-corrected chi connectivity index (χ2v) is 5.28. The molecule has 6 nitrogen and oxygen atoms in total. The van der Waals surface area contributed by atoms with Crippen molar-refractivity contribution in [3.05, 3.63) is 47.7 Å². The van der Waals surface area contributed by atoms with Crippen LogP contribution in [-0.4, -0.2) is 21.1 Å². The van der Waals surface area contributed by atoms with E-state index in [0.717, 1.165) is 5.56 Å². The van der Waals surface area contributed by atoms with E-state index in [2.05, 4.69) is 23.8 Å². The van der Waals surface area contributed by atoms with Crippen LogP contribution >= 0.6 is 0 Å². The van der Waals surface area contributed by atoms with Crippen LogP contribution < -0.4 is 5.48 Å². The predicted molar refractivity (Wildman–Crippen MR) is 80.6 cm³/mol. The van der Waals surface area contributed by atoms with Crippen LogP contribution in [0.25, 0.3) is 22.7 Å². The highest BCUT2D eigenvalue weighted by atomic mass is 16.5. The minimum atomic E-state index is -0.639. The van der Waals surface area contributed by atoms with Crippen molar-refractivity contribution in [1.82, 2.24) is 15.4 Å². The Bertz CT molecular complexity index is 822. The van der Waals surface area contributed by atoms with E-state index in [-0.39, 0.29) is 5.56 Å². The molecule has 0 fully saturated rings. The topological polar surface area (TPSA) is 88.2 Å². The molecule has 6 heteroatoms. The fourth-order valence-electron chi connectivity index (χ4n) is 2.15. The molecule has 1 aromatic carbocycles. The van der Waals surface area contributed by atoms with Crippen molar-refractivity contribution < 1.29 is 14.4 Å². The van der Waals surface area contributed by atoms with Crippen molar-refractivity contribution in [2.75, 3.05) is 0 Å². The molecule has 22 heavy (non-hydrogen) atoms. The van der Waals surface area contributed by atoms with E-state index in [1.54, 1.807) is 5.48 Å². The molecular weight excluding hydrogens is 282 g/mol. The van der Waals surface area contributed by atoms with Crippen LogP contribution in [-0.2, 0) is 0 Å². The van der Waals surface area contributed by atoms with E-state index in [1.165, 1.54) is 17.8 Å². The van der Waals surface area contributed by atoms with Gasteiger partial charge in [0.25, 0.3) is 5.91 Å². The first kappa shape index (κ1) is 14.2. The van der Waals surface area contributed by atoms with Gasteiger partial charge < -0.3 is 4.42 Å². The summed E-state index contributed by atoms with van der Waals surface area (Å²) in [6.45, 7) is 4.26. The summed E-state index contributed by atoms with van der Waals surface area (Å²) < 4.78 is 5.61. The van der Waals surface area contributed by atoms with Crippen molar-refractivity contribution in [3.8, 4) is 11.5 Å². The van der Waals surface area contributed by atoms with Crippen LogP contribution in [0.1, 0.15) is 35.7 Å². The number of rotatable bonds is 3. The highest BCUT2D eigenvalue weighted by molar-refractivity contribution is 5.95. The SMILES string of the molecule is CC(C)c1ccc(-c2nc3cc(C(=O)NO)cnc3o2)cc1. The molecule has 3 rings (SSSR count). The number of oxazole rings is 1. The van der Waals surface area contributed by atoms with Gasteiger partial charge in [0, 0.05) is 11.8 Å². The lowest BCUT2D eigenvalue weighted by Gasteiger charge is -2.04. The standard InChI is InChI=1S/C16H15N3O3/c1-9(2)10-3-5-11(6-4-10)15-18-13-7-12(14(20)19-21)8-17-16(13)22-15/h3-9,21H,1-2H3,(H,19,20). The van der Waals surface area contributed by atoms with E-state index >= 15 is 0 Å². The molecule has 2 heterocycles. The van der Waals surface area contributed by atoms with Gasteiger partial charge in [-0.2, -0.15) is 0 Å². The van der Waals surface area contributed by atoms with Crippen LogP contribution in [0.5, 0.6) is 0 Å². The van der Waals surface area contributed by atoms with E-state index < -0.39 is 5.91 Å². The molecule has 3 aromatic rings. The Morgan fingerprint density at radius 1 is 1.27 bits per heavy atom. The lowest BCUT2D eigenvalue weighted by Crippen LogP contribution is -2.18. The van der Waals surface area contributed by atoms with Gasteiger partial charge in [0.1, 0.15) is 5.52 Å². The molecule has 0 spiro atoms. The molecular formula is C16H15N3O3. The minimum Gasteiger partial charge on any atom is -0.418 e. The first-order valence-electron chi connectivity index (χ1n) is 6.90. The zero-order valence-corrected chi connectivity index (χ0v) is 12.2. The highest BCUT2D eigenvalue weighted by Gasteiger charge is 2.13. The maximum absolute atomic E-state index is 11.4. The van der Waals surface area contributed by atoms with Crippen LogP contribution in [0.4, 0.5) is 0 Å². The number of nitrogens with zero attached hydrogens (tertiary/aromatic N) is 2. The Morgan fingerprint density at radius 3 is 2.64 bits per heavy atom. The van der Waals surface area contributed by atoms with Gasteiger partial charge in [-0.15, -0.1) is 0 Å². The fourth-order valence-corrected chi connectivity index (χ4v) is 2.15. The van der Waals surface area contributed by atoms with Crippen molar-refractivity contribution >= 4 is 17.1 Å². The fraction of sp³-hybridized carbons (Fsp3) is 0.188. The lowest BCUT2D eigenvalue weighted by atomic mass is 10.0. The minimum absolute atomic E-state index is 0.213. The Balaban J connectivity index is 1.99. The molecule has 112 valence electrons. The van der Waals surface area contributed by atoms with Gasteiger partial charge in [0.2, 0.25) is 11.6 Å². The second-order valence-electron chi connectivity index (χ2n) is 5.28. The number of amides is 1. The van der Waals surface area contributed by atoms with E-state index in [1.807, 2.05) is 24.3 Å². The monoisotopic (exact) mass is 297 g/mol. The van der Waals surface area contributed by atoms with Gasteiger partial charge in [-0.25, -0.2) is 15.4 Å². The summed E-state index contributed by atoms with van der Waals surface area (Å²) in [5.74, 6) is 0.263. The van der Waals surface area contributed by atoms with Crippen LogP contribution in [0.15, 0.2) is 40.9 Å². The molecule has 0 atom stereocenters. The van der Waals surface area contributed by atoms with Crippen molar-refractivity contribution in [1.29, 1.82) is 0 Å². The van der Waals surface area contributed by atoms with E-state index in [9.17, 15) is 4.79 Å². The van der Waals surface area contributed by atoms with Gasteiger partial charge in [0.15, 0.2) is 0 Å². The van der Waals surface area contributed by atoms with Crippen LogP contribution in [0, 0.1) is 0 Å². The first-order chi connectivity index (χ1) is 10.6. The summed E-state index contributed by atoms with van der Waals surface area (Å²) in [6, 6.07) is 9.48. The molecule has 0 unspecified atom stereocenters. The van der Waals surface area contributed by atoms with Gasteiger partial charge in [0.05, 0.1) is 5.56 Å². The molecule has 0 aliphatic heterocycles. The lowest BCUT2D eigenvalue weighted by molar-refractivity contribution is 0.0706. The number of hydrogen-bond acceptors (Lipinski definition) is 5.